The van der Waals surface area contributed by atoms with Crippen LogP contribution in [-0.4, -0.2) is 75.3 Å². The number of epoxide rings is 2. The highest BCUT2D eigenvalue weighted by atomic mass is 79.9. The first-order valence-electron chi connectivity index (χ1n) is 10.3. The van der Waals surface area contributed by atoms with Crippen LogP contribution in [0, 0.1) is 0 Å². The van der Waals surface area contributed by atoms with Gasteiger partial charge >= 0.3 is 16.2 Å². The van der Waals surface area contributed by atoms with Crippen LogP contribution >= 0.6 is 48.1 Å². The van der Waals surface area contributed by atoms with E-state index in [1.54, 1.807) is 13.8 Å². The van der Waals surface area contributed by atoms with Crippen molar-refractivity contribution in [3.05, 3.63) is 0 Å². The van der Waals surface area contributed by atoms with Gasteiger partial charge in [-0.3, -0.25) is 4.57 Å². The van der Waals surface area contributed by atoms with E-state index in [0.29, 0.717) is 51.9 Å². The lowest BCUT2D eigenvalue weighted by atomic mass is 10.6. The lowest BCUT2D eigenvalue weighted by Crippen LogP contribution is -2.04. The Morgan fingerprint density at radius 2 is 1.17 bits per heavy atom. The predicted molar refractivity (Wildman–Crippen MR) is 130 cm³/mol. The van der Waals surface area contributed by atoms with E-state index in [2.05, 4.69) is 31.9 Å². The number of hydrogen-bond acceptors (Lipinski definition) is 8. The van der Waals surface area contributed by atoms with Crippen LogP contribution in [0.2, 0.25) is 0 Å². The van der Waals surface area contributed by atoms with Gasteiger partial charge in [-0.05, 0) is 34.6 Å². The summed E-state index contributed by atoms with van der Waals surface area (Å²) in [4.78, 5) is 0. The molecule has 2 aliphatic rings. The highest BCUT2D eigenvalue weighted by Crippen LogP contribution is 2.50. The maximum atomic E-state index is 11.7. The van der Waals surface area contributed by atoms with Crippen molar-refractivity contribution in [1.29, 1.82) is 0 Å². The molecule has 2 atom stereocenters. The first-order valence-corrected chi connectivity index (χ1v) is 15.4. The zero-order valence-electron chi connectivity index (χ0n) is 19.1. The standard InChI is InChI=1S/C7H15O4P.C6H15O3P.C3H5BrO.C2H5Br/c1-3-10-12(8,11-4-2)6-7-5-9-7;1-4-7-10(8-5-2)9-6-3;4-1-3-2-5-3;1-2-3/h7H,3-6H2,1-2H3;4-6H2,1-3H3;3H,1-2H2;2H2,1H3. The van der Waals surface area contributed by atoms with E-state index in [1.165, 1.54) is 0 Å². The largest absolute Gasteiger partial charge is 0.372 e. The normalized spacial score (nSPS) is 19.0. The van der Waals surface area contributed by atoms with Gasteiger partial charge in [0.2, 0.25) is 0 Å². The third kappa shape index (κ3) is 24.0. The van der Waals surface area contributed by atoms with Crippen molar-refractivity contribution in [2.24, 2.45) is 0 Å². The van der Waals surface area contributed by atoms with Gasteiger partial charge in [-0.2, -0.15) is 0 Å². The van der Waals surface area contributed by atoms with Crippen molar-refractivity contribution in [1.82, 2.24) is 0 Å². The molecule has 0 radical (unpaired) electrons. The van der Waals surface area contributed by atoms with Gasteiger partial charge in [-0.15, -0.1) is 0 Å². The smallest absolute Gasteiger partial charge is 0.333 e. The fraction of sp³-hybridized carbons (Fsp3) is 1.00. The minimum absolute atomic E-state index is 0.0916. The molecule has 2 heterocycles. The van der Waals surface area contributed by atoms with Gasteiger partial charge < -0.3 is 32.1 Å². The summed E-state index contributed by atoms with van der Waals surface area (Å²) in [5, 5.41) is 2.07. The van der Waals surface area contributed by atoms with Gasteiger partial charge in [0.05, 0.1) is 64.6 Å². The zero-order chi connectivity index (χ0) is 23.3. The first kappa shape index (κ1) is 33.5. The Morgan fingerprint density at radius 3 is 1.37 bits per heavy atom. The number of halogens is 2. The Balaban J connectivity index is 0. The van der Waals surface area contributed by atoms with Crippen LogP contribution in [0.5, 0.6) is 0 Å². The van der Waals surface area contributed by atoms with Crippen LogP contribution in [0.15, 0.2) is 0 Å². The van der Waals surface area contributed by atoms with Gasteiger partial charge in [0.25, 0.3) is 0 Å². The average Bonchev–Trinajstić information content (AvgIpc) is 3.60. The Hall–Kier alpha value is 1.34. The molecule has 2 rings (SSSR count). The highest BCUT2D eigenvalue weighted by Gasteiger charge is 2.35. The fourth-order valence-electron chi connectivity index (χ4n) is 1.54. The van der Waals surface area contributed by atoms with E-state index in [4.69, 9.17) is 32.1 Å². The van der Waals surface area contributed by atoms with Gasteiger partial charge in [0.1, 0.15) is 0 Å². The molecule has 0 saturated carbocycles. The minimum atomic E-state index is -2.84. The molecule has 2 fully saturated rings. The molecule has 0 aromatic carbocycles. The van der Waals surface area contributed by atoms with Crippen LogP contribution in [0.25, 0.3) is 0 Å². The van der Waals surface area contributed by atoms with Crippen molar-refractivity contribution in [3.8, 4) is 0 Å². The maximum absolute atomic E-state index is 11.7. The molecule has 0 aromatic heterocycles. The first-order chi connectivity index (χ1) is 14.4. The molecule has 8 nitrogen and oxygen atoms in total. The average molecular weight is 606 g/mol. The summed E-state index contributed by atoms with van der Waals surface area (Å²) in [7, 11) is -3.90. The molecule has 30 heavy (non-hydrogen) atoms. The second-order valence-electron chi connectivity index (χ2n) is 5.44. The van der Waals surface area contributed by atoms with Crippen LogP contribution < -0.4 is 0 Å². The van der Waals surface area contributed by atoms with Gasteiger partial charge in [0.15, 0.2) is 0 Å². The molecule has 0 aliphatic carbocycles. The van der Waals surface area contributed by atoms with E-state index < -0.39 is 16.2 Å². The van der Waals surface area contributed by atoms with Crippen molar-refractivity contribution in [3.63, 3.8) is 0 Å². The van der Waals surface area contributed by atoms with Crippen molar-refractivity contribution >= 4 is 48.1 Å². The summed E-state index contributed by atoms with van der Waals surface area (Å²) in [6.07, 6.45) is 1.04. The molecule has 0 bridgehead atoms. The Bertz CT molecular complexity index is 378. The summed E-state index contributed by atoms with van der Waals surface area (Å²) < 4.78 is 47.1. The molecule has 0 amide bonds. The van der Waals surface area contributed by atoms with Gasteiger partial charge in [0, 0.05) is 10.7 Å². The number of alkyl halides is 2. The van der Waals surface area contributed by atoms with E-state index in [-0.39, 0.29) is 6.10 Å². The summed E-state index contributed by atoms with van der Waals surface area (Å²) in [6.45, 7) is 15.8. The van der Waals surface area contributed by atoms with Crippen LogP contribution in [0.4, 0.5) is 0 Å². The quantitative estimate of drug-likeness (QED) is 0.140. The fourth-order valence-corrected chi connectivity index (χ4v) is 4.56. The Labute approximate surface area is 201 Å². The van der Waals surface area contributed by atoms with Crippen molar-refractivity contribution in [2.45, 2.75) is 53.8 Å². The topological polar surface area (TPSA) is 88.3 Å². The second-order valence-corrected chi connectivity index (χ2v) is 10.5. The molecule has 184 valence electrons. The number of hydrogen-bond donors (Lipinski definition) is 0. The van der Waals surface area contributed by atoms with Crippen LogP contribution in [0.1, 0.15) is 41.5 Å². The molecule has 0 N–H and O–H groups in total. The summed E-state index contributed by atoms with van der Waals surface area (Å²) in [5.41, 5.74) is 0. The molecule has 2 saturated heterocycles. The van der Waals surface area contributed by atoms with Gasteiger partial charge in [-0.1, -0.05) is 38.8 Å². The molecule has 12 heteroatoms. The lowest BCUT2D eigenvalue weighted by molar-refractivity contribution is 0.176. The summed E-state index contributed by atoms with van der Waals surface area (Å²) >= 11 is 6.40. The van der Waals surface area contributed by atoms with Crippen LogP contribution in [-0.2, 0) is 36.7 Å². The Kier molecular flexibility index (Phi) is 26.2. The molecular formula is C18H40Br2O8P2. The minimum Gasteiger partial charge on any atom is -0.372 e. The van der Waals surface area contributed by atoms with E-state index in [1.807, 2.05) is 27.7 Å². The maximum Gasteiger partial charge on any atom is 0.333 e. The van der Waals surface area contributed by atoms with Crippen molar-refractivity contribution < 1.29 is 36.7 Å². The third-order valence-electron chi connectivity index (χ3n) is 2.76. The highest BCUT2D eigenvalue weighted by molar-refractivity contribution is 9.09. The van der Waals surface area contributed by atoms with Gasteiger partial charge in [-0.25, -0.2) is 0 Å². The lowest BCUT2D eigenvalue weighted by Gasteiger charge is -2.15. The zero-order valence-corrected chi connectivity index (χ0v) is 24.1. The molecule has 0 aromatic rings. The number of rotatable bonds is 13. The SMILES string of the molecule is BrCC1CO1.CCBr.CCOP(=O)(CC1CO1)OCC.CCOP(OCC)OCC. The Morgan fingerprint density at radius 1 is 0.800 bits per heavy atom. The van der Waals surface area contributed by atoms with Crippen molar-refractivity contribution in [2.75, 3.05) is 63.1 Å². The van der Waals surface area contributed by atoms with E-state index >= 15 is 0 Å². The molecule has 2 aliphatic heterocycles. The predicted octanol–water partition coefficient (Wildman–Crippen LogP) is 6.16. The van der Waals surface area contributed by atoms with Crippen LogP contribution in [0.3, 0.4) is 0 Å². The summed E-state index contributed by atoms with van der Waals surface area (Å²) in [6, 6.07) is 0. The number of ether oxygens (including phenoxy) is 2. The summed E-state index contributed by atoms with van der Waals surface area (Å²) in [5.74, 6) is 0. The second kappa shape index (κ2) is 23.5. The third-order valence-corrected chi connectivity index (χ3v) is 7.05. The molecular weight excluding hydrogens is 566 g/mol. The molecule has 2 unspecified atom stereocenters. The molecule has 0 spiro atoms. The van der Waals surface area contributed by atoms with E-state index in [9.17, 15) is 4.57 Å². The van der Waals surface area contributed by atoms with E-state index in [0.717, 1.165) is 17.3 Å². The monoisotopic (exact) mass is 604 g/mol.